The highest BCUT2D eigenvalue weighted by atomic mass is 16.2. The van der Waals surface area contributed by atoms with Gasteiger partial charge in [-0.1, -0.05) is 30.3 Å². The normalized spacial score (nSPS) is 17.8. The van der Waals surface area contributed by atoms with Crippen LogP contribution in [-0.2, 0) is 17.9 Å². The molecule has 1 saturated heterocycles. The van der Waals surface area contributed by atoms with Crippen LogP contribution in [0.2, 0.25) is 0 Å². The Labute approximate surface area is 161 Å². The maximum atomic E-state index is 12.4. The van der Waals surface area contributed by atoms with E-state index >= 15 is 0 Å². The first kappa shape index (κ1) is 19.6. The summed E-state index contributed by atoms with van der Waals surface area (Å²) in [7, 11) is 1.99. The lowest BCUT2D eigenvalue weighted by Crippen LogP contribution is -2.47. The average Bonchev–Trinajstić information content (AvgIpc) is 2.94. The number of aromatic nitrogens is 2. The third-order valence-electron chi connectivity index (χ3n) is 5.45. The Kier molecular flexibility index (Phi) is 6.63. The van der Waals surface area contributed by atoms with Crippen molar-refractivity contribution in [2.24, 2.45) is 0 Å². The van der Waals surface area contributed by atoms with Gasteiger partial charge in [-0.15, -0.1) is 0 Å². The number of likely N-dealkylation sites (N-methyl/N-ethyl adjacent to an activating group) is 1. The van der Waals surface area contributed by atoms with E-state index in [9.17, 15) is 4.79 Å². The molecule has 0 saturated carbocycles. The minimum absolute atomic E-state index is 0.0846. The van der Waals surface area contributed by atoms with Crippen LogP contribution in [0.4, 0.5) is 0 Å². The fraction of sp³-hybridized carbons (Fsp3) is 0.524. The number of carbonyl (C=O) groups is 1. The van der Waals surface area contributed by atoms with Crippen molar-refractivity contribution >= 4 is 5.91 Å². The predicted molar refractivity (Wildman–Crippen MR) is 108 cm³/mol. The molecule has 1 aromatic carbocycles. The zero-order valence-corrected chi connectivity index (χ0v) is 16.7. The van der Waals surface area contributed by atoms with Crippen molar-refractivity contribution in [3.8, 4) is 0 Å². The Morgan fingerprint density at radius 3 is 2.78 bits per heavy atom. The molecule has 146 valence electrons. The van der Waals surface area contributed by atoms with Crippen LogP contribution in [0.3, 0.4) is 0 Å². The van der Waals surface area contributed by atoms with E-state index in [2.05, 4.69) is 39.7 Å². The van der Waals surface area contributed by atoms with E-state index in [1.807, 2.05) is 36.9 Å². The lowest BCUT2D eigenvalue weighted by atomic mass is 10.1. The fourth-order valence-electron chi connectivity index (χ4n) is 3.78. The Morgan fingerprint density at radius 2 is 2.04 bits per heavy atom. The van der Waals surface area contributed by atoms with Gasteiger partial charge in [-0.2, -0.15) is 5.10 Å². The molecule has 2 N–H and O–H groups in total. The number of aryl methyl sites for hydroxylation is 1. The molecule has 1 unspecified atom stereocenters. The minimum atomic E-state index is 0.0846. The highest BCUT2D eigenvalue weighted by Gasteiger charge is 2.20. The van der Waals surface area contributed by atoms with Crippen molar-refractivity contribution in [3.05, 3.63) is 52.8 Å². The van der Waals surface area contributed by atoms with Crippen molar-refractivity contribution in [1.29, 1.82) is 0 Å². The van der Waals surface area contributed by atoms with Gasteiger partial charge >= 0.3 is 0 Å². The van der Waals surface area contributed by atoms with Gasteiger partial charge in [0.15, 0.2) is 0 Å². The average molecular weight is 370 g/mol. The number of likely N-dealkylation sites (tertiary alicyclic amines) is 1. The van der Waals surface area contributed by atoms with Crippen molar-refractivity contribution in [3.63, 3.8) is 0 Å². The first-order valence-corrected chi connectivity index (χ1v) is 9.80. The summed E-state index contributed by atoms with van der Waals surface area (Å²) < 4.78 is 2.02. The zero-order chi connectivity index (χ0) is 19.2. The molecule has 1 atom stereocenters. The van der Waals surface area contributed by atoms with Crippen molar-refractivity contribution in [1.82, 2.24) is 25.3 Å². The van der Waals surface area contributed by atoms with Gasteiger partial charge in [0, 0.05) is 30.4 Å². The lowest BCUT2D eigenvalue weighted by molar-refractivity contribution is -0.122. The van der Waals surface area contributed by atoms with Gasteiger partial charge in [-0.25, -0.2) is 0 Å². The second-order valence-corrected chi connectivity index (χ2v) is 7.43. The number of benzene rings is 1. The van der Waals surface area contributed by atoms with E-state index in [0.29, 0.717) is 19.1 Å². The minimum Gasteiger partial charge on any atom is -0.351 e. The second-order valence-electron chi connectivity index (χ2n) is 7.43. The van der Waals surface area contributed by atoms with Crippen molar-refractivity contribution < 1.29 is 4.79 Å². The monoisotopic (exact) mass is 369 g/mol. The van der Waals surface area contributed by atoms with Crippen LogP contribution < -0.4 is 10.6 Å². The second kappa shape index (κ2) is 9.15. The van der Waals surface area contributed by atoms with Crippen molar-refractivity contribution in [2.45, 2.75) is 45.8 Å². The number of rotatable bonds is 7. The van der Waals surface area contributed by atoms with Crippen molar-refractivity contribution in [2.75, 3.05) is 26.7 Å². The Hall–Kier alpha value is -2.18. The summed E-state index contributed by atoms with van der Waals surface area (Å²) in [5, 5.41) is 11.1. The summed E-state index contributed by atoms with van der Waals surface area (Å²) in [5.41, 5.74) is 4.44. The lowest BCUT2D eigenvalue weighted by Gasteiger charge is -2.31. The van der Waals surface area contributed by atoms with E-state index in [1.54, 1.807) is 0 Å². The third-order valence-corrected chi connectivity index (χ3v) is 5.45. The standard InChI is InChI=1S/C21H31N5O/c1-16-20(17(2)26(24-16)13-18-8-5-4-6-9-18)12-23-21(27)15-25-11-7-10-19(14-25)22-3/h4-6,8-9,19,22H,7,10-15H2,1-3H3,(H,23,27). The SMILES string of the molecule is CNC1CCCN(CC(=O)NCc2c(C)nn(Cc3ccccc3)c2C)C1. The van der Waals surface area contributed by atoms with Gasteiger partial charge in [0.2, 0.25) is 5.91 Å². The Balaban J connectivity index is 1.55. The smallest absolute Gasteiger partial charge is 0.234 e. The van der Waals surface area contributed by atoms with Crippen LogP contribution in [0.15, 0.2) is 30.3 Å². The van der Waals surface area contributed by atoms with Gasteiger partial charge in [0.05, 0.1) is 18.8 Å². The molecule has 0 spiro atoms. The molecule has 0 aliphatic carbocycles. The topological polar surface area (TPSA) is 62.2 Å². The molecule has 6 heteroatoms. The molecule has 1 aliphatic rings. The number of piperidine rings is 1. The molecule has 1 fully saturated rings. The maximum Gasteiger partial charge on any atom is 0.234 e. The summed E-state index contributed by atoms with van der Waals surface area (Å²) in [6, 6.07) is 10.8. The van der Waals surface area contributed by atoms with Gasteiger partial charge in [0.25, 0.3) is 0 Å². The molecule has 1 aliphatic heterocycles. The van der Waals surface area contributed by atoms with Gasteiger partial charge in [0.1, 0.15) is 0 Å². The van der Waals surface area contributed by atoms with E-state index < -0.39 is 0 Å². The number of hydrogen-bond acceptors (Lipinski definition) is 4. The number of nitrogens with one attached hydrogen (secondary N) is 2. The number of carbonyl (C=O) groups excluding carboxylic acids is 1. The van der Waals surface area contributed by atoms with Crippen LogP contribution in [0.5, 0.6) is 0 Å². The van der Waals surface area contributed by atoms with E-state index in [4.69, 9.17) is 0 Å². The van der Waals surface area contributed by atoms with E-state index in [1.165, 1.54) is 12.0 Å². The summed E-state index contributed by atoms with van der Waals surface area (Å²) in [5.74, 6) is 0.0846. The number of hydrogen-bond donors (Lipinski definition) is 2. The fourth-order valence-corrected chi connectivity index (χ4v) is 3.78. The molecule has 2 aromatic rings. The first-order valence-electron chi connectivity index (χ1n) is 9.80. The zero-order valence-electron chi connectivity index (χ0n) is 16.7. The van der Waals surface area contributed by atoms with Gasteiger partial charge in [-0.3, -0.25) is 14.4 Å². The molecule has 6 nitrogen and oxygen atoms in total. The van der Waals surface area contributed by atoms with Crippen LogP contribution >= 0.6 is 0 Å². The molecule has 0 radical (unpaired) electrons. The molecular formula is C21H31N5O. The van der Waals surface area contributed by atoms with Crippen LogP contribution in [0.1, 0.15) is 35.4 Å². The first-order chi connectivity index (χ1) is 13.1. The van der Waals surface area contributed by atoms with E-state index in [0.717, 1.165) is 43.0 Å². The van der Waals surface area contributed by atoms with Crippen LogP contribution in [-0.4, -0.2) is 53.3 Å². The highest BCUT2D eigenvalue weighted by molar-refractivity contribution is 5.78. The van der Waals surface area contributed by atoms with Crippen LogP contribution in [0, 0.1) is 13.8 Å². The molecule has 27 heavy (non-hydrogen) atoms. The Morgan fingerprint density at radius 1 is 1.26 bits per heavy atom. The van der Waals surface area contributed by atoms with Gasteiger partial charge in [-0.05, 0) is 45.8 Å². The predicted octanol–water partition coefficient (Wildman–Crippen LogP) is 1.85. The van der Waals surface area contributed by atoms with E-state index in [-0.39, 0.29) is 5.91 Å². The highest BCUT2D eigenvalue weighted by Crippen LogP contribution is 2.15. The quantitative estimate of drug-likeness (QED) is 0.782. The molecule has 1 aromatic heterocycles. The molecule has 3 rings (SSSR count). The molecule has 1 amide bonds. The maximum absolute atomic E-state index is 12.4. The summed E-state index contributed by atoms with van der Waals surface area (Å²) in [4.78, 5) is 14.6. The molecule has 2 heterocycles. The Bertz CT molecular complexity index is 755. The summed E-state index contributed by atoms with van der Waals surface area (Å²) in [6.45, 7) is 7.78. The summed E-state index contributed by atoms with van der Waals surface area (Å²) in [6.07, 6.45) is 2.33. The number of nitrogens with zero attached hydrogens (tertiary/aromatic N) is 3. The van der Waals surface area contributed by atoms with Crippen LogP contribution in [0.25, 0.3) is 0 Å². The number of amides is 1. The van der Waals surface area contributed by atoms with Gasteiger partial charge < -0.3 is 10.6 Å². The molecule has 0 bridgehead atoms. The summed E-state index contributed by atoms with van der Waals surface area (Å²) >= 11 is 0. The largest absolute Gasteiger partial charge is 0.351 e. The molecular weight excluding hydrogens is 338 g/mol. The third kappa shape index (κ3) is 5.17.